The first-order chi connectivity index (χ1) is 8.60. The Labute approximate surface area is 108 Å². The molecule has 0 aromatic heterocycles. The Morgan fingerprint density at radius 2 is 1.89 bits per heavy atom. The average molecular weight is 244 g/mol. The highest BCUT2D eigenvalue weighted by atomic mass is 16.2. The SMILES string of the molecule is CCC1(N)CN(C(=O)C2(c3ccccc3)CC2)C1. The molecule has 1 heterocycles. The molecular weight excluding hydrogens is 224 g/mol. The third-order valence-corrected chi connectivity index (χ3v) is 4.49. The molecule has 3 nitrogen and oxygen atoms in total. The lowest BCUT2D eigenvalue weighted by atomic mass is 9.85. The summed E-state index contributed by atoms with van der Waals surface area (Å²) in [6.07, 6.45) is 2.90. The first kappa shape index (κ1) is 11.7. The fourth-order valence-electron chi connectivity index (χ4n) is 2.89. The van der Waals surface area contributed by atoms with Crippen LogP contribution >= 0.6 is 0 Å². The van der Waals surface area contributed by atoms with Gasteiger partial charge in [0.1, 0.15) is 0 Å². The molecule has 1 aliphatic heterocycles. The second kappa shape index (κ2) is 3.82. The number of benzene rings is 1. The summed E-state index contributed by atoms with van der Waals surface area (Å²) in [6.45, 7) is 3.53. The van der Waals surface area contributed by atoms with Gasteiger partial charge < -0.3 is 10.6 Å². The van der Waals surface area contributed by atoms with Gasteiger partial charge in [0.15, 0.2) is 0 Å². The van der Waals surface area contributed by atoms with Gasteiger partial charge in [-0.25, -0.2) is 0 Å². The van der Waals surface area contributed by atoms with Crippen LogP contribution in [0.1, 0.15) is 31.7 Å². The molecule has 18 heavy (non-hydrogen) atoms. The number of hydrogen-bond donors (Lipinski definition) is 1. The van der Waals surface area contributed by atoms with Crippen LogP contribution in [0, 0.1) is 0 Å². The molecular formula is C15H20N2O. The Kier molecular flexibility index (Phi) is 2.49. The first-order valence-corrected chi connectivity index (χ1v) is 6.73. The second-order valence-corrected chi connectivity index (χ2v) is 5.83. The summed E-state index contributed by atoms with van der Waals surface area (Å²) < 4.78 is 0. The van der Waals surface area contributed by atoms with Crippen LogP contribution < -0.4 is 5.73 Å². The monoisotopic (exact) mass is 244 g/mol. The lowest BCUT2D eigenvalue weighted by molar-refractivity contribution is -0.141. The number of amides is 1. The molecule has 96 valence electrons. The third-order valence-electron chi connectivity index (χ3n) is 4.49. The zero-order chi connectivity index (χ0) is 12.8. The van der Waals surface area contributed by atoms with E-state index in [0.717, 1.165) is 32.4 Å². The average Bonchev–Trinajstić information content (AvgIpc) is 3.17. The fraction of sp³-hybridized carbons (Fsp3) is 0.533. The van der Waals surface area contributed by atoms with Gasteiger partial charge in [-0.1, -0.05) is 37.3 Å². The van der Waals surface area contributed by atoms with Gasteiger partial charge in [-0.3, -0.25) is 4.79 Å². The van der Waals surface area contributed by atoms with Crippen LogP contribution in [-0.4, -0.2) is 29.4 Å². The molecule has 0 radical (unpaired) electrons. The van der Waals surface area contributed by atoms with Crippen molar-refractivity contribution < 1.29 is 4.79 Å². The van der Waals surface area contributed by atoms with E-state index in [9.17, 15) is 4.79 Å². The minimum absolute atomic E-state index is 0.136. The van der Waals surface area contributed by atoms with E-state index in [4.69, 9.17) is 5.73 Å². The molecule has 3 heteroatoms. The maximum absolute atomic E-state index is 12.6. The highest BCUT2D eigenvalue weighted by Gasteiger charge is 2.56. The molecule has 2 fully saturated rings. The van der Waals surface area contributed by atoms with Crippen molar-refractivity contribution >= 4 is 5.91 Å². The van der Waals surface area contributed by atoms with Gasteiger partial charge in [0, 0.05) is 13.1 Å². The van der Waals surface area contributed by atoms with Crippen molar-refractivity contribution in [3.05, 3.63) is 35.9 Å². The molecule has 1 aliphatic carbocycles. The Balaban J connectivity index is 1.75. The molecule has 2 N–H and O–H groups in total. The van der Waals surface area contributed by atoms with Crippen LogP contribution in [0.3, 0.4) is 0 Å². The zero-order valence-corrected chi connectivity index (χ0v) is 10.9. The number of likely N-dealkylation sites (tertiary alicyclic amines) is 1. The maximum Gasteiger partial charge on any atom is 0.233 e. The van der Waals surface area contributed by atoms with E-state index in [1.165, 1.54) is 5.56 Å². The van der Waals surface area contributed by atoms with Crippen LogP contribution in [0.15, 0.2) is 30.3 Å². The third kappa shape index (κ3) is 1.65. The Morgan fingerprint density at radius 1 is 1.28 bits per heavy atom. The number of rotatable bonds is 3. The fourth-order valence-corrected chi connectivity index (χ4v) is 2.89. The molecule has 3 rings (SSSR count). The summed E-state index contributed by atoms with van der Waals surface area (Å²) in [7, 11) is 0. The van der Waals surface area contributed by atoms with Crippen molar-refractivity contribution in [2.24, 2.45) is 5.73 Å². The van der Waals surface area contributed by atoms with E-state index in [0.29, 0.717) is 0 Å². The van der Waals surface area contributed by atoms with Crippen molar-refractivity contribution in [3.8, 4) is 0 Å². The molecule has 1 aromatic rings. The molecule has 1 amide bonds. The molecule has 1 saturated heterocycles. The van der Waals surface area contributed by atoms with Gasteiger partial charge in [-0.2, -0.15) is 0 Å². The summed E-state index contributed by atoms with van der Waals surface area (Å²) in [6, 6.07) is 10.2. The number of carbonyl (C=O) groups is 1. The molecule has 0 unspecified atom stereocenters. The van der Waals surface area contributed by atoms with Crippen LogP contribution in [0.5, 0.6) is 0 Å². The summed E-state index contributed by atoms with van der Waals surface area (Å²) in [4.78, 5) is 14.5. The number of hydrogen-bond acceptors (Lipinski definition) is 2. The van der Waals surface area contributed by atoms with E-state index in [-0.39, 0.29) is 16.9 Å². The van der Waals surface area contributed by atoms with E-state index in [1.54, 1.807) is 0 Å². The predicted molar refractivity (Wildman–Crippen MR) is 71.1 cm³/mol. The van der Waals surface area contributed by atoms with Gasteiger partial charge in [0.2, 0.25) is 5.91 Å². The molecule has 0 bridgehead atoms. The smallest absolute Gasteiger partial charge is 0.233 e. The molecule has 1 aromatic carbocycles. The van der Waals surface area contributed by atoms with Gasteiger partial charge in [-0.15, -0.1) is 0 Å². The van der Waals surface area contributed by atoms with E-state index in [1.807, 2.05) is 23.1 Å². The van der Waals surface area contributed by atoms with Crippen molar-refractivity contribution in [2.75, 3.05) is 13.1 Å². The Hall–Kier alpha value is -1.35. The number of nitrogens with zero attached hydrogens (tertiary/aromatic N) is 1. The van der Waals surface area contributed by atoms with Crippen molar-refractivity contribution in [3.63, 3.8) is 0 Å². The Bertz CT molecular complexity index is 459. The summed E-state index contributed by atoms with van der Waals surface area (Å²) in [5.74, 6) is 0.281. The number of carbonyl (C=O) groups excluding carboxylic acids is 1. The number of nitrogens with two attached hydrogens (primary N) is 1. The quantitative estimate of drug-likeness (QED) is 0.879. The maximum atomic E-state index is 12.6. The summed E-state index contributed by atoms with van der Waals surface area (Å²) in [5.41, 5.74) is 6.94. The molecule has 1 saturated carbocycles. The van der Waals surface area contributed by atoms with Crippen LogP contribution in [-0.2, 0) is 10.2 Å². The van der Waals surface area contributed by atoms with Gasteiger partial charge >= 0.3 is 0 Å². The molecule has 0 atom stereocenters. The van der Waals surface area contributed by atoms with E-state index < -0.39 is 0 Å². The first-order valence-electron chi connectivity index (χ1n) is 6.73. The highest BCUT2D eigenvalue weighted by molar-refractivity contribution is 5.92. The molecule has 0 spiro atoms. The predicted octanol–water partition coefficient (Wildman–Crippen LogP) is 1.67. The summed E-state index contributed by atoms with van der Waals surface area (Å²) >= 11 is 0. The minimum Gasteiger partial charge on any atom is -0.338 e. The van der Waals surface area contributed by atoms with Gasteiger partial charge in [0.05, 0.1) is 11.0 Å². The summed E-state index contributed by atoms with van der Waals surface area (Å²) in [5, 5.41) is 0. The zero-order valence-electron chi connectivity index (χ0n) is 10.9. The lowest BCUT2D eigenvalue weighted by Gasteiger charge is -2.48. The van der Waals surface area contributed by atoms with Gasteiger partial charge in [0.25, 0.3) is 0 Å². The topological polar surface area (TPSA) is 46.3 Å². The lowest BCUT2D eigenvalue weighted by Crippen LogP contribution is -2.69. The van der Waals surface area contributed by atoms with Gasteiger partial charge in [-0.05, 0) is 24.8 Å². The Morgan fingerprint density at radius 3 is 2.39 bits per heavy atom. The standard InChI is InChI=1S/C15H20N2O/c1-2-14(16)10-17(11-14)13(18)15(8-9-15)12-6-4-3-5-7-12/h3-7H,2,8-11,16H2,1H3. The van der Waals surface area contributed by atoms with E-state index >= 15 is 0 Å². The highest BCUT2D eigenvalue weighted by Crippen LogP contribution is 2.50. The normalized spacial score (nSPS) is 23.3. The van der Waals surface area contributed by atoms with Crippen molar-refractivity contribution in [1.82, 2.24) is 4.90 Å². The van der Waals surface area contributed by atoms with Crippen molar-refractivity contribution in [1.29, 1.82) is 0 Å². The van der Waals surface area contributed by atoms with Crippen molar-refractivity contribution in [2.45, 2.75) is 37.1 Å². The van der Waals surface area contributed by atoms with Crippen LogP contribution in [0.25, 0.3) is 0 Å². The van der Waals surface area contributed by atoms with E-state index in [2.05, 4.69) is 19.1 Å². The second-order valence-electron chi connectivity index (χ2n) is 5.83. The minimum atomic E-state index is -0.226. The van der Waals surface area contributed by atoms with Crippen LogP contribution in [0.2, 0.25) is 0 Å². The van der Waals surface area contributed by atoms with Crippen LogP contribution in [0.4, 0.5) is 0 Å². The largest absolute Gasteiger partial charge is 0.338 e. The molecule has 2 aliphatic rings.